The normalized spacial score (nSPS) is 14.2. The number of carbonyl (C=O) groups is 1. The summed E-state index contributed by atoms with van der Waals surface area (Å²) >= 11 is 0. The molecule has 0 radical (unpaired) electrons. The van der Waals surface area contributed by atoms with Crippen molar-refractivity contribution in [1.82, 2.24) is 0 Å². The Labute approximate surface area is 84.2 Å². The fourth-order valence-electron chi connectivity index (χ4n) is 1.01. The van der Waals surface area contributed by atoms with Gasteiger partial charge in [-0.1, -0.05) is 0 Å². The monoisotopic (exact) mass is 224 g/mol. The molecule has 0 aliphatic carbocycles. The van der Waals surface area contributed by atoms with Crippen molar-refractivity contribution in [3.05, 3.63) is 0 Å². The van der Waals surface area contributed by atoms with Crippen LogP contribution in [0.2, 0.25) is 0 Å². The molecule has 6 nitrogen and oxygen atoms in total. The topological polar surface area (TPSA) is 72.8 Å². The zero-order valence-corrected chi connectivity index (χ0v) is 9.36. The van der Waals surface area contributed by atoms with Gasteiger partial charge in [-0.3, -0.25) is 4.79 Å². The maximum atomic E-state index is 10.4. The summed E-state index contributed by atoms with van der Waals surface area (Å²) in [5.41, 5.74) is 0. The predicted molar refractivity (Wildman–Crippen MR) is 48.7 cm³/mol. The lowest BCUT2D eigenvalue weighted by atomic mass is 10.2. The van der Waals surface area contributed by atoms with Crippen LogP contribution in [-0.2, 0) is 18.9 Å². The summed E-state index contributed by atoms with van der Waals surface area (Å²) in [6, 6.07) is 0. The molecule has 0 saturated carbocycles. The standard InChI is InChI=1S/C7H14NO5P/c1-8(2,3)5-6(4-7(9)10)12-13-14-11/h6H,4-5H2,1-3H3/p+1. The van der Waals surface area contributed by atoms with Crippen LogP contribution in [0.5, 0.6) is 0 Å². The second-order valence-corrected chi connectivity index (χ2v) is 4.24. The Morgan fingerprint density at radius 2 is 2.07 bits per heavy atom. The molecule has 0 aromatic carbocycles. The number of carboxylic acids is 1. The molecule has 0 bridgehead atoms. The largest absolute Gasteiger partial charge is 0.481 e. The summed E-state index contributed by atoms with van der Waals surface area (Å²) < 4.78 is 14.7. The summed E-state index contributed by atoms with van der Waals surface area (Å²) in [5, 5.41) is 8.56. The minimum Gasteiger partial charge on any atom is -0.481 e. The van der Waals surface area contributed by atoms with E-state index in [4.69, 9.17) is 5.11 Å². The zero-order chi connectivity index (χ0) is 11.2. The van der Waals surface area contributed by atoms with Gasteiger partial charge in [0.2, 0.25) is 0 Å². The SMILES string of the molecule is C[N+](C)(C)CC(CC(=O)O)OOP=O. The van der Waals surface area contributed by atoms with E-state index in [0.717, 1.165) is 0 Å². The van der Waals surface area contributed by atoms with Crippen LogP contribution < -0.4 is 0 Å². The molecule has 1 N–H and O–H groups in total. The van der Waals surface area contributed by atoms with Crippen molar-refractivity contribution in [2.24, 2.45) is 0 Å². The van der Waals surface area contributed by atoms with Gasteiger partial charge in [-0.2, -0.15) is 0 Å². The molecule has 7 heteroatoms. The van der Waals surface area contributed by atoms with E-state index in [-0.39, 0.29) is 6.42 Å². The van der Waals surface area contributed by atoms with Crippen LogP contribution in [0, 0.1) is 0 Å². The van der Waals surface area contributed by atoms with Gasteiger partial charge in [-0.05, 0) is 0 Å². The molecular weight excluding hydrogens is 209 g/mol. The number of rotatable bonds is 7. The fourth-order valence-corrected chi connectivity index (χ4v) is 1.17. The van der Waals surface area contributed by atoms with Crippen LogP contribution in [0.25, 0.3) is 0 Å². The lowest BCUT2D eigenvalue weighted by Gasteiger charge is -2.27. The van der Waals surface area contributed by atoms with Gasteiger partial charge < -0.3 is 9.59 Å². The first-order valence-electron chi connectivity index (χ1n) is 4.02. The van der Waals surface area contributed by atoms with Crippen molar-refractivity contribution in [2.75, 3.05) is 27.7 Å². The van der Waals surface area contributed by atoms with Gasteiger partial charge in [-0.25, -0.2) is 9.45 Å². The average molecular weight is 224 g/mol. The molecule has 82 valence electrons. The lowest BCUT2D eigenvalue weighted by molar-refractivity contribution is -0.874. The molecule has 14 heavy (non-hydrogen) atoms. The Bertz CT molecular complexity index is 203. The number of carboxylic acid groups (broad SMARTS) is 1. The molecule has 0 aliphatic heterocycles. The van der Waals surface area contributed by atoms with Gasteiger partial charge in [-0.15, -0.1) is 4.67 Å². The first-order valence-corrected chi connectivity index (χ1v) is 4.75. The molecule has 0 aliphatic rings. The van der Waals surface area contributed by atoms with Crippen molar-refractivity contribution in [2.45, 2.75) is 12.5 Å². The maximum Gasteiger partial charge on any atom is 0.358 e. The molecule has 0 heterocycles. The van der Waals surface area contributed by atoms with Crippen molar-refractivity contribution in [3.8, 4) is 0 Å². The summed E-state index contributed by atoms with van der Waals surface area (Å²) in [5.74, 6) is -0.977. The van der Waals surface area contributed by atoms with E-state index in [2.05, 4.69) is 9.56 Å². The van der Waals surface area contributed by atoms with E-state index in [1.54, 1.807) is 0 Å². The van der Waals surface area contributed by atoms with E-state index in [1.807, 2.05) is 21.1 Å². The lowest BCUT2D eigenvalue weighted by Crippen LogP contribution is -2.42. The Morgan fingerprint density at radius 1 is 1.50 bits per heavy atom. The molecule has 0 fully saturated rings. The van der Waals surface area contributed by atoms with E-state index in [0.29, 0.717) is 11.0 Å². The number of aliphatic carboxylic acids is 1. The highest BCUT2D eigenvalue weighted by Crippen LogP contribution is 2.08. The second-order valence-electron chi connectivity index (χ2n) is 3.94. The van der Waals surface area contributed by atoms with Crippen LogP contribution in [-0.4, -0.2) is 49.4 Å². The zero-order valence-electron chi connectivity index (χ0n) is 8.47. The number of quaternary nitrogens is 1. The van der Waals surface area contributed by atoms with Gasteiger partial charge in [0, 0.05) is 0 Å². The van der Waals surface area contributed by atoms with E-state index >= 15 is 0 Å². The minimum absolute atomic E-state index is 0.176. The predicted octanol–water partition coefficient (Wildman–Crippen LogP) is 0.691. The summed E-state index contributed by atoms with van der Waals surface area (Å²) in [6.45, 7) is 0.460. The average Bonchev–Trinajstić information content (AvgIpc) is 1.96. The molecule has 0 aromatic heterocycles. The summed E-state index contributed by atoms with van der Waals surface area (Å²) in [4.78, 5) is 15.1. The van der Waals surface area contributed by atoms with Crippen molar-refractivity contribution in [3.63, 3.8) is 0 Å². The number of hydrogen-bond donors (Lipinski definition) is 1. The van der Waals surface area contributed by atoms with Crippen molar-refractivity contribution >= 4 is 14.7 Å². The van der Waals surface area contributed by atoms with Crippen LogP contribution in [0.15, 0.2) is 0 Å². The Kier molecular flexibility index (Phi) is 5.79. The van der Waals surface area contributed by atoms with Crippen LogP contribution >= 0.6 is 8.69 Å². The number of hydrogen-bond acceptors (Lipinski definition) is 4. The third kappa shape index (κ3) is 8.07. The molecule has 1 atom stereocenters. The van der Waals surface area contributed by atoms with Gasteiger partial charge in [0.05, 0.1) is 27.6 Å². The Hall–Kier alpha value is -0.550. The molecule has 0 rings (SSSR count). The van der Waals surface area contributed by atoms with Gasteiger partial charge in [0.1, 0.15) is 6.54 Å². The number of likely N-dealkylation sites (N-methyl/N-ethyl adjacent to an activating group) is 1. The smallest absolute Gasteiger partial charge is 0.358 e. The number of nitrogens with zero attached hydrogens (tertiary/aromatic N) is 1. The highest BCUT2D eigenvalue weighted by Gasteiger charge is 2.22. The highest BCUT2D eigenvalue weighted by molar-refractivity contribution is 7.17. The van der Waals surface area contributed by atoms with E-state index in [9.17, 15) is 9.36 Å². The van der Waals surface area contributed by atoms with Crippen LogP contribution in [0.1, 0.15) is 6.42 Å². The van der Waals surface area contributed by atoms with Gasteiger partial charge >= 0.3 is 14.7 Å². The maximum absolute atomic E-state index is 10.4. The molecule has 0 saturated heterocycles. The summed E-state index contributed by atoms with van der Waals surface area (Å²) in [7, 11) is 5.07. The van der Waals surface area contributed by atoms with E-state index in [1.165, 1.54) is 0 Å². The molecule has 0 amide bonds. The first-order chi connectivity index (χ1) is 6.35. The highest BCUT2D eigenvalue weighted by atomic mass is 31.1. The quantitative estimate of drug-likeness (QED) is 0.298. The van der Waals surface area contributed by atoms with Crippen LogP contribution in [0.4, 0.5) is 0 Å². The van der Waals surface area contributed by atoms with Crippen molar-refractivity contribution in [1.29, 1.82) is 0 Å². The Morgan fingerprint density at radius 3 is 2.43 bits per heavy atom. The molecule has 1 unspecified atom stereocenters. The fraction of sp³-hybridized carbons (Fsp3) is 0.857. The third-order valence-corrected chi connectivity index (χ3v) is 1.51. The summed E-state index contributed by atoms with van der Waals surface area (Å²) in [6.07, 6.45) is -0.778. The van der Waals surface area contributed by atoms with E-state index < -0.39 is 20.8 Å². The second kappa shape index (κ2) is 6.03. The Balaban J connectivity index is 4.09. The van der Waals surface area contributed by atoms with Gasteiger partial charge in [0.25, 0.3) is 0 Å². The molecule has 0 spiro atoms. The molecular formula is C7H15NO5P+. The van der Waals surface area contributed by atoms with Crippen LogP contribution in [0.3, 0.4) is 0 Å². The van der Waals surface area contributed by atoms with Crippen molar-refractivity contribution < 1.29 is 28.5 Å². The van der Waals surface area contributed by atoms with Gasteiger partial charge in [0.15, 0.2) is 6.10 Å². The minimum atomic E-state index is -0.977. The third-order valence-electron chi connectivity index (χ3n) is 1.36. The first kappa shape index (κ1) is 13.4. The molecule has 0 aromatic rings.